The number of hydrogen-bond donors (Lipinski definition) is 2. The van der Waals surface area contributed by atoms with E-state index >= 15 is 0 Å². The van der Waals surface area contributed by atoms with E-state index in [-0.39, 0.29) is 18.6 Å². The highest BCUT2D eigenvalue weighted by molar-refractivity contribution is 5.79. The molecule has 3 heteroatoms. The molecule has 1 amide bonds. The van der Waals surface area contributed by atoms with Crippen LogP contribution in [0, 0.1) is 13.8 Å². The number of carbonyl (C=O) groups excluding carboxylic acids is 1. The molecular formula is C20H25NO2. The van der Waals surface area contributed by atoms with E-state index in [1.165, 1.54) is 5.56 Å². The molecule has 3 nitrogen and oxygen atoms in total. The number of nitrogens with one attached hydrogen (secondary N) is 1. The van der Waals surface area contributed by atoms with Crippen molar-refractivity contribution in [1.29, 1.82) is 0 Å². The second-order valence-corrected chi connectivity index (χ2v) is 6.00. The molecule has 0 aromatic heterocycles. The quantitative estimate of drug-likeness (QED) is 0.822. The Labute approximate surface area is 138 Å². The molecule has 2 aromatic carbocycles. The van der Waals surface area contributed by atoms with Crippen LogP contribution in [0.2, 0.25) is 0 Å². The van der Waals surface area contributed by atoms with Crippen molar-refractivity contribution in [3.8, 4) is 0 Å². The molecule has 0 aliphatic carbocycles. The van der Waals surface area contributed by atoms with E-state index in [0.29, 0.717) is 12.8 Å². The summed E-state index contributed by atoms with van der Waals surface area (Å²) in [6.45, 7) is 4.20. The summed E-state index contributed by atoms with van der Waals surface area (Å²) in [4.78, 5) is 12.4. The van der Waals surface area contributed by atoms with Crippen LogP contribution in [0.25, 0.3) is 0 Å². The summed E-state index contributed by atoms with van der Waals surface area (Å²) in [6, 6.07) is 16.1. The predicted molar refractivity (Wildman–Crippen MR) is 93.3 cm³/mol. The molecule has 2 rings (SSSR count). The first-order chi connectivity index (χ1) is 11.1. The van der Waals surface area contributed by atoms with Gasteiger partial charge in [0.05, 0.1) is 12.5 Å². The van der Waals surface area contributed by atoms with E-state index in [0.717, 1.165) is 23.1 Å². The number of benzene rings is 2. The minimum atomic E-state index is -0.0547. The van der Waals surface area contributed by atoms with Crippen LogP contribution >= 0.6 is 0 Å². The van der Waals surface area contributed by atoms with Crippen LogP contribution in [0.15, 0.2) is 48.5 Å². The molecule has 1 unspecified atom stereocenters. The van der Waals surface area contributed by atoms with Crippen LogP contribution in [0.1, 0.15) is 41.1 Å². The highest BCUT2D eigenvalue weighted by Crippen LogP contribution is 2.19. The number of aliphatic hydroxyl groups is 1. The SMILES string of the molecule is Cc1ccc(C)c(CC(=O)NC(CCCO)c2ccccc2)c1. The number of aryl methyl sites for hydroxylation is 2. The molecule has 0 aliphatic heterocycles. The molecule has 2 aromatic rings. The zero-order valence-corrected chi connectivity index (χ0v) is 13.9. The van der Waals surface area contributed by atoms with Crippen LogP contribution in [0.4, 0.5) is 0 Å². The third-order valence-electron chi connectivity index (χ3n) is 4.04. The van der Waals surface area contributed by atoms with Crippen molar-refractivity contribution < 1.29 is 9.90 Å². The molecule has 0 spiro atoms. The summed E-state index contributed by atoms with van der Waals surface area (Å²) in [5, 5.41) is 12.2. The average molecular weight is 311 g/mol. The Morgan fingerprint density at radius 3 is 2.57 bits per heavy atom. The molecule has 0 bridgehead atoms. The van der Waals surface area contributed by atoms with Gasteiger partial charge >= 0.3 is 0 Å². The van der Waals surface area contributed by atoms with Gasteiger partial charge in [-0.25, -0.2) is 0 Å². The van der Waals surface area contributed by atoms with Gasteiger partial charge in [-0.1, -0.05) is 54.1 Å². The Morgan fingerprint density at radius 2 is 1.87 bits per heavy atom. The van der Waals surface area contributed by atoms with E-state index in [4.69, 9.17) is 5.11 Å². The predicted octanol–water partition coefficient (Wildman–Crippen LogP) is 3.48. The maximum atomic E-state index is 12.4. The lowest BCUT2D eigenvalue weighted by atomic mass is 10.00. The van der Waals surface area contributed by atoms with Gasteiger partial charge < -0.3 is 10.4 Å². The number of carbonyl (C=O) groups is 1. The molecule has 0 aliphatic rings. The lowest BCUT2D eigenvalue weighted by Gasteiger charge is -2.19. The van der Waals surface area contributed by atoms with Gasteiger partial charge in [0.1, 0.15) is 0 Å². The fraction of sp³-hybridized carbons (Fsp3) is 0.350. The fourth-order valence-corrected chi connectivity index (χ4v) is 2.71. The molecule has 0 saturated carbocycles. The monoisotopic (exact) mass is 311 g/mol. The second kappa shape index (κ2) is 8.49. The van der Waals surface area contributed by atoms with Crippen molar-refractivity contribution in [3.63, 3.8) is 0 Å². The van der Waals surface area contributed by atoms with Gasteiger partial charge in [-0.2, -0.15) is 0 Å². The normalized spacial score (nSPS) is 12.0. The van der Waals surface area contributed by atoms with Gasteiger partial charge in [0.2, 0.25) is 5.91 Å². The summed E-state index contributed by atoms with van der Waals surface area (Å²) in [5.41, 5.74) is 4.45. The minimum Gasteiger partial charge on any atom is -0.396 e. The largest absolute Gasteiger partial charge is 0.396 e. The highest BCUT2D eigenvalue weighted by Gasteiger charge is 2.15. The number of amides is 1. The van der Waals surface area contributed by atoms with Gasteiger partial charge in [0.25, 0.3) is 0 Å². The maximum Gasteiger partial charge on any atom is 0.224 e. The molecule has 0 saturated heterocycles. The molecule has 23 heavy (non-hydrogen) atoms. The summed E-state index contributed by atoms with van der Waals surface area (Å²) < 4.78 is 0. The van der Waals surface area contributed by atoms with Crippen molar-refractivity contribution >= 4 is 5.91 Å². The Hall–Kier alpha value is -2.13. The van der Waals surface area contributed by atoms with Crippen molar-refractivity contribution in [2.75, 3.05) is 6.61 Å². The van der Waals surface area contributed by atoms with Crippen molar-refractivity contribution in [2.45, 2.75) is 39.2 Å². The Balaban J connectivity index is 2.06. The summed E-state index contributed by atoms with van der Waals surface area (Å²) in [6.07, 6.45) is 1.79. The van der Waals surface area contributed by atoms with Gasteiger partial charge in [0.15, 0.2) is 0 Å². The Morgan fingerprint density at radius 1 is 1.13 bits per heavy atom. The standard InChI is InChI=1S/C20H25NO2/c1-15-10-11-16(2)18(13-15)14-20(23)21-19(9-6-12-22)17-7-4-3-5-8-17/h3-5,7-8,10-11,13,19,22H,6,9,12,14H2,1-2H3,(H,21,23). The smallest absolute Gasteiger partial charge is 0.224 e. The third kappa shape index (κ3) is 5.22. The Kier molecular flexibility index (Phi) is 6.36. The third-order valence-corrected chi connectivity index (χ3v) is 4.04. The van der Waals surface area contributed by atoms with Crippen molar-refractivity contribution in [2.24, 2.45) is 0 Å². The van der Waals surface area contributed by atoms with Gasteiger partial charge in [-0.05, 0) is 43.4 Å². The average Bonchev–Trinajstić information content (AvgIpc) is 2.55. The van der Waals surface area contributed by atoms with Crippen molar-refractivity contribution in [3.05, 3.63) is 70.8 Å². The van der Waals surface area contributed by atoms with E-state index < -0.39 is 0 Å². The molecule has 122 valence electrons. The van der Waals surface area contributed by atoms with Crippen molar-refractivity contribution in [1.82, 2.24) is 5.32 Å². The molecule has 0 fully saturated rings. The van der Waals surface area contributed by atoms with Crippen LogP contribution in [-0.4, -0.2) is 17.6 Å². The van der Waals surface area contributed by atoms with Crippen LogP contribution in [0.3, 0.4) is 0 Å². The molecular weight excluding hydrogens is 286 g/mol. The summed E-state index contributed by atoms with van der Waals surface area (Å²) in [5.74, 6) is 0.0190. The van der Waals surface area contributed by atoms with Crippen LogP contribution in [0.5, 0.6) is 0 Å². The number of aliphatic hydroxyl groups excluding tert-OH is 1. The molecule has 0 radical (unpaired) electrons. The second-order valence-electron chi connectivity index (χ2n) is 6.00. The fourth-order valence-electron chi connectivity index (χ4n) is 2.71. The zero-order valence-electron chi connectivity index (χ0n) is 13.9. The molecule has 1 atom stereocenters. The molecule has 0 heterocycles. The topological polar surface area (TPSA) is 49.3 Å². The van der Waals surface area contributed by atoms with Gasteiger partial charge in [-0.3, -0.25) is 4.79 Å². The first-order valence-electron chi connectivity index (χ1n) is 8.11. The van der Waals surface area contributed by atoms with Gasteiger partial charge in [-0.15, -0.1) is 0 Å². The Bertz CT molecular complexity index is 637. The van der Waals surface area contributed by atoms with Crippen LogP contribution < -0.4 is 5.32 Å². The lowest BCUT2D eigenvalue weighted by Crippen LogP contribution is -2.30. The number of rotatable bonds is 7. The van der Waals surface area contributed by atoms with E-state index in [9.17, 15) is 4.79 Å². The van der Waals surface area contributed by atoms with E-state index in [2.05, 4.69) is 23.5 Å². The first kappa shape index (κ1) is 17.2. The summed E-state index contributed by atoms with van der Waals surface area (Å²) in [7, 11) is 0. The maximum absolute atomic E-state index is 12.4. The van der Waals surface area contributed by atoms with Crippen LogP contribution in [-0.2, 0) is 11.2 Å². The zero-order chi connectivity index (χ0) is 16.7. The summed E-state index contributed by atoms with van der Waals surface area (Å²) >= 11 is 0. The first-order valence-corrected chi connectivity index (χ1v) is 8.11. The van der Waals surface area contributed by atoms with Gasteiger partial charge in [0, 0.05) is 6.61 Å². The lowest BCUT2D eigenvalue weighted by molar-refractivity contribution is -0.121. The van der Waals surface area contributed by atoms with E-state index in [1.54, 1.807) is 0 Å². The minimum absolute atomic E-state index is 0.0190. The number of hydrogen-bond acceptors (Lipinski definition) is 2. The highest BCUT2D eigenvalue weighted by atomic mass is 16.3. The molecule has 2 N–H and O–H groups in total. The van der Waals surface area contributed by atoms with E-state index in [1.807, 2.05) is 44.2 Å².